The Kier molecular flexibility index (Phi) is 3.14. The van der Waals surface area contributed by atoms with Gasteiger partial charge in [0.15, 0.2) is 5.72 Å². The van der Waals surface area contributed by atoms with Crippen molar-refractivity contribution < 1.29 is 14.6 Å². The van der Waals surface area contributed by atoms with Crippen LogP contribution in [0.1, 0.15) is 31.7 Å². The molecule has 2 atom stereocenters. The average molecular weight is 403 g/mol. The number of rotatable bonds is 0. The summed E-state index contributed by atoms with van der Waals surface area (Å²) in [6.07, 6.45) is 0.599. The number of amides is 1. The molecule has 1 aromatic carbocycles. The highest BCUT2D eigenvalue weighted by Crippen LogP contribution is 2.50. The van der Waals surface area contributed by atoms with Crippen molar-refractivity contribution in [2.45, 2.75) is 31.9 Å². The summed E-state index contributed by atoms with van der Waals surface area (Å²) in [5.74, 6) is 0.325. The molecule has 2 aliphatic heterocycles. The first-order valence-corrected chi connectivity index (χ1v) is 7.79. The van der Waals surface area contributed by atoms with Gasteiger partial charge in [0.1, 0.15) is 5.75 Å². The first kappa shape index (κ1) is 13.9. The predicted molar refractivity (Wildman–Crippen MR) is 81.7 cm³/mol. The molecule has 1 amide bonds. The molecule has 0 saturated carbocycles. The van der Waals surface area contributed by atoms with Gasteiger partial charge < -0.3 is 15.2 Å². The van der Waals surface area contributed by atoms with Crippen molar-refractivity contribution in [1.82, 2.24) is 5.32 Å². The largest absolute Gasteiger partial charge is 0.512 e. The van der Waals surface area contributed by atoms with Gasteiger partial charge in [0.05, 0.1) is 15.8 Å². The maximum absolute atomic E-state index is 12.2. The number of carbonyl (C=O) groups excluding carboxylic acids is 1. The molecule has 6 heteroatoms. The minimum absolute atomic E-state index is 0.0542. The van der Waals surface area contributed by atoms with E-state index in [0.717, 1.165) is 14.5 Å². The van der Waals surface area contributed by atoms with Crippen LogP contribution in [0.15, 0.2) is 32.4 Å². The number of hydrogen-bond donors (Lipinski definition) is 2. The number of ether oxygens (including phenoxy) is 1. The molecule has 1 fully saturated rings. The summed E-state index contributed by atoms with van der Waals surface area (Å²) in [6, 6.07) is 3.84. The van der Waals surface area contributed by atoms with Crippen LogP contribution in [0.2, 0.25) is 0 Å². The molecule has 4 nitrogen and oxygen atoms in total. The first-order chi connectivity index (χ1) is 9.31. The summed E-state index contributed by atoms with van der Waals surface area (Å²) in [5, 5.41) is 12.7. The van der Waals surface area contributed by atoms with Crippen LogP contribution < -0.4 is 10.1 Å². The molecule has 0 aromatic heterocycles. The zero-order valence-electron chi connectivity index (χ0n) is 11.0. The molecule has 1 saturated heterocycles. The molecule has 0 radical (unpaired) electrons. The molecule has 20 heavy (non-hydrogen) atoms. The molecule has 1 aromatic rings. The Morgan fingerprint density at radius 3 is 2.85 bits per heavy atom. The zero-order chi connectivity index (χ0) is 14.7. The monoisotopic (exact) mass is 401 g/mol. The Balaban J connectivity index is 2.26. The van der Waals surface area contributed by atoms with Gasteiger partial charge in [-0.3, -0.25) is 4.79 Å². The van der Waals surface area contributed by atoms with Crippen LogP contribution >= 0.6 is 31.9 Å². The second-order valence-corrected chi connectivity index (χ2v) is 7.12. The Bertz CT molecular complexity index is 652. The number of aliphatic hydroxyl groups is 1. The van der Waals surface area contributed by atoms with E-state index in [0.29, 0.717) is 17.7 Å². The third-order valence-electron chi connectivity index (χ3n) is 3.69. The van der Waals surface area contributed by atoms with E-state index in [4.69, 9.17) is 4.74 Å². The van der Waals surface area contributed by atoms with Crippen LogP contribution in [-0.4, -0.2) is 16.7 Å². The topological polar surface area (TPSA) is 58.6 Å². The van der Waals surface area contributed by atoms with Gasteiger partial charge in [-0.1, -0.05) is 15.9 Å². The summed E-state index contributed by atoms with van der Waals surface area (Å²) in [4.78, 5) is 12.2. The highest BCUT2D eigenvalue weighted by atomic mass is 79.9. The van der Waals surface area contributed by atoms with Crippen LogP contribution in [0.25, 0.3) is 0 Å². The van der Waals surface area contributed by atoms with Crippen LogP contribution in [0.5, 0.6) is 5.75 Å². The molecule has 0 spiro atoms. The lowest BCUT2D eigenvalue weighted by molar-refractivity contribution is -0.127. The van der Waals surface area contributed by atoms with Crippen LogP contribution in [0, 0.1) is 0 Å². The number of fused-ring (bicyclic) bond motifs is 4. The summed E-state index contributed by atoms with van der Waals surface area (Å²) in [6.45, 7) is 3.39. The predicted octanol–water partition coefficient (Wildman–Crippen LogP) is 3.76. The van der Waals surface area contributed by atoms with Crippen molar-refractivity contribution in [3.05, 3.63) is 38.0 Å². The van der Waals surface area contributed by atoms with Crippen LogP contribution in [-0.2, 0) is 4.79 Å². The maximum Gasteiger partial charge on any atom is 0.254 e. The van der Waals surface area contributed by atoms with E-state index in [1.54, 1.807) is 6.92 Å². The van der Waals surface area contributed by atoms with Crippen molar-refractivity contribution >= 4 is 37.8 Å². The maximum atomic E-state index is 12.2. The molecule has 106 valence electrons. The minimum atomic E-state index is -0.746. The molecule has 2 unspecified atom stereocenters. The molecular formula is C14H13Br2NO3. The Labute approximate surface area is 133 Å². The smallest absolute Gasteiger partial charge is 0.254 e. The number of aliphatic hydroxyl groups excluding tert-OH is 1. The minimum Gasteiger partial charge on any atom is -0.512 e. The molecule has 0 aliphatic carbocycles. The average Bonchev–Trinajstić information content (AvgIpc) is 2.29. The van der Waals surface area contributed by atoms with Gasteiger partial charge in [0.25, 0.3) is 5.91 Å². The van der Waals surface area contributed by atoms with E-state index in [1.807, 2.05) is 19.1 Å². The summed E-state index contributed by atoms with van der Waals surface area (Å²) in [5.41, 5.74) is 0.573. The standard InChI is InChI=1S/C14H13Br2NO3/c1-6(18)11-9-5-14(2,17-13(11)19)20-12-8(9)3-7(15)4-10(12)16/h3-4,9,18H,5H2,1-2H3,(H,17,19). The number of carbonyl (C=O) groups is 1. The Morgan fingerprint density at radius 2 is 2.20 bits per heavy atom. The second-order valence-electron chi connectivity index (χ2n) is 5.35. The highest BCUT2D eigenvalue weighted by Gasteiger charge is 2.47. The SMILES string of the molecule is CC(O)=C1C(=O)NC2(C)CC1c1cc(Br)cc(Br)c1O2. The van der Waals surface area contributed by atoms with Gasteiger partial charge in [-0.15, -0.1) is 0 Å². The van der Waals surface area contributed by atoms with E-state index in [2.05, 4.69) is 37.2 Å². The summed E-state index contributed by atoms with van der Waals surface area (Å²) >= 11 is 6.94. The molecule has 2 bridgehead atoms. The van der Waals surface area contributed by atoms with E-state index < -0.39 is 5.72 Å². The van der Waals surface area contributed by atoms with E-state index in [1.165, 1.54) is 0 Å². The van der Waals surface area contributed by atoms with Gasteiger partial charge in [-0.25, -0.2) is 0 Å². The number of halogens is 2. The summed E-state index contributed by atoms with van der Waals surface area (Å²) < 4.78 is 7.69. The van der Waals surface area contributed by atoms with Crippen molar-refractivity contribution in [3.8, 4) is 5.75 Å². The van der Waals surface area contributed by atoms with Crippen LogP contribution in [0.4, 0.5) is 0 Å². The fourth-order valence-electron chi connectivity index (χ4n) is 2.93. The van der Waals surface area contributed by atoms with Gasteiger partial charge in [-0.2, -0.15) is 0 Å². The molecule has 2 aliphatic rings. The number of nitrogens with one attached hydrogen (secondary N) is 1. The fourth-order valence-corrected chi connectivity index (χ4v) is 4.27. The first-order valence-electron chi connectivity index (χ1n) is 6.21. The number of piperidine rings is 1. The lowest BCUT2D eigenvalue weighted by Crippen LogP contribution is -2.58. The van der Waals surface area contributed by atoms with E-state index in [-0.39, 0.29) is 17.6 Å². The van der Waals surface area contributed by atoms with E-state index >= 15 is 0 Å². The molecule has 2 heterocycles. The fraction of sp³-hybridized carbons (Fsp3) is 0.357. The molecular weight excluding hydrogens is 390 g/mol. The Morgan fingerprint density at radius 1 is 1.50 bits per heavy atom. The quantitative estimate of drug-likeness (QED) is 0.513. The second kappa shape index (κ2) is 4.49. The van der Waals surface area contributed by atoms with Gasteiger partial charge >= 0.3 is 0 Å². The molecule has 3 rings (SSSR count). The highest BCUT2D eigenvalue weighted by molar-refractivity contribution is 9.11. The zero-order valence-corrected chi connectivity index (χ0v) is 14.1. The number of hydrogen-bond acceptors (Lipinski definition) is 3. The van der Waals surface area contributed by atoms with Gasteiger partial charge in [0, 0.05) is 22.4 Å². The van der Waals surface area contributed by atoms with Crippen molar-refractivity contribution in [2.75, 3.05) is 0 Å². The van der Waals surface area contributed by atoms with Gasteiger partial charge in [0.2, 0.25) is 0 Å². The lowest BCUT2D eigenvalue weighted by Gasteiger charge is -2.45. The normalized spacial score (nSPS) is 30.2. The molecule has 2 N–H and O–H groups in total. The lowest BCUT2D eigenvalue weighted by atomic mass is 9.78. The van der Waals surface area contributed by atoms with Crippen molar-refractivity contribution in [1.29, 1.82) is 0 Å². The number of allylic oxidation sites excluding steroid dienone is 1. The van der Waals surface area contributed by atoms with Crippen LogP contribution in [0.3, 0.4) is 0 Å². The van der Waals surface area contributed by atoms with E-state index in [9.17, 15) is 9.90 Å². The van der Waals surface area contributed by atoms with Gasteiger partial charge in [-0.05, 0) is 41.9 Å². The summed E-state index contributed by atoms with van der Waals surface area (Å²) in [7, 11) is 0. The third kappa shape index (κ3) is 2.05. The third-order valence-corrected chi connectivity index (χ3v) is 4.74. The van der Waals surface area contributed by atoms with Crippen molar-refractivity contribution in [3.63, 3.8) is 0 Å². The Hall–Kier alpha value is -1.01. The number of benzene rings is 1. The van der Waals surface area contributed by atoms with Crippen molar-refractivity contribution in [2.24, 2.45) is 0 Å².